The molecular weight excluding hydrogens is 225 g/mol. The number of nitrogens with one attached hydrogen (secondary N) is 1. The van der Waals surface area contributed by atoms with E-state index < -0.39 is 5.82 Å². The van der Waals surface area contributed by atoms with Gasteiger partial charge < -0.3 is 5.32 Å². The number of rotatable bonds is 3. The minimum absolute atomic E-state index is 0.0694. The summed E-state index contributed by atoms with van der Waals surface area (Å²) in [5, 5.41) is 2.81. The first-order valence-corrected chi connectivity index (χ1v) is 5.82. The molecule has 1 N–H and O–H groups in total. The smallest absolute Gasteiger partial charge is 0.254 e. The van der Waals surface area contributed by atoms with Crippen molar-refractivity contribution in [2.75, 3.05) is 0 Å². The zero-order valence-corrected chi connectivity index (χ0v) is 9.93. The minimum atomic E-state index is -0.502. The molecule has 1 unspecified atom stereocenters. The second-order valence-electron chi connectivity index (χ2n) is 4.26. The van der Waals surface area contributed by atoms with E-state index in [0.717, 1.165) is 12.8 Å². The molecule has 1 amide bonds. The molecule has 2 rings (SSSR count). The van der Waals surface area contributed by atoms with Gasteiger partial charge in [-0.15, -0.1) is 12.6 Å². The SMILES string of the molecule is CC(NC(=O)c1cc(S)ccc1F)C1CC1. The van der Waals surface area contributed by atoms with Gasteiger partial charge in [0.15, 0.2) is 0 Å². The average molecular weight is 239 g/mol. The predicted octanol–water partition coefficient (Wildman–Crippen LogP) is 2.64. The monoisotopic (exact) mass is 239 g/mol. The van der Waals surface area contributed by atoms with Crippen LogP contribution in [0.1, 0.15) is 30.1 Å². The van der Waals surface area contributed by atoms with Crippen LogP contribution in [0.3, 0.4) is 0 Å². The maximum atomic E-state index is 13.4. The number of hydrogen-bond donors (Lipinski definition) is 2. The number of amides is 1. The van der Waals surface area contributed by atoms with Crippen LogP contribution in [0, 0.1) is 11.7 Å². The first-order chi connectivity index (χ1) is 7.58. The molecule has 16 heavy (non-hydrogen) atoms. The summed E-state index contributed by atoms with van der Waals surface area (Å²) < 4.78 is 13.4. The lowest BCUT2D eigenvalue weighted by atomic mass is 10.1. The fraction of sp³-hybridized carbons (Fsp3) is 0.417. The average Bonchev–Trinajstić information content (AvgIpc) is 3.04. The quantitative estimate of drug-likeness (QED) is 0.780. The van der Waals surface area contributed by atoms with Gasteiger partial charge >= 0.3 is 0 Å². The summed E-state index contributed by atoms with van der Waals surface area (Å²) in [5.74, 6) is -0.294. The Bertz CT molecular complexity index is 417. The normalized spacial score (nSPS) is 16.9. The molecule has 1 aliphatic rings. The molecule has 0 spiro atoms. The van der Waals surface area contributed by atoms with Gasteiger partial charge in [0, 0.05) is 10.9 Å². The molecule has 0 radical (unpaired) electrons. The highest BCUT2D eigenvalue weighted by Crippen LogP contribution is 2.32. The van der Waals surface area contributed by atoms with E-state index in [1.165, 1.54) is 18.2 Å². The number of thiol groups is 1. The number of benzene rings is 1. The second-order valence-corrected chi connectivity index (χ2v) is 4.78. The summed E-state index contributed by atoms with van der Waals surface area (Å²) in [6.45, 7) is 1.96. The van der Waals surface area contributed by atoms with Crippen LogP contribution in [-0.2, 0) is 0 Å². The van der Waals surface area contributed by atoms with Crippen LogP contribution < -0.4 is 5.32 Å². The van der Waals surface area contributed by atoms with Gasteiger partial charge in [0.25, 0.3) is 5.91 Å². The van der Waals surface area contributed by atoms with Gasteiger partial charge in [-0.05, 0) is 43.9 Å². The Morgan fingerprint density at radius 2 is 2.25 bits per heavy atom. The van der Waals surface area contributed by atoms with Gasteiger partial charge in [0.2, 0.25) is 0 Å². The molecule has 1 aliphatic carbocycles. The van der Waals surface area contributed by atoms with Crippen molar-refractivity contribution < 1.29 is 9.18 Å². The van der Waals surface area contributed by atoms with Gasteiger partial charge in [-0.2, -0.15) is 0 Å². The van der Waals surface area contributed by atoms with Crippen molar-refractivity contribution in [2.45, 2.75) is 30.7 Å². The first kappa shape index (κ1) is 11.5. The first-order valence-electron chi connectivity index (χ1n) is 5.37. The highest BCUT2D eigenvalue weighted by Gasteiger charge is 2.29. The van der Waals surface area contributed by atoms with Gasteiger partial charge in [0.05, 0.1) is 5.56 Å². The molecule has 0 aliphatic heterocycles. The van der Waals surface area contributed by atoms with Crippen molar-refractivity contribution in [3.8, 4) is 0 Å². The molecular formula is C12H14FNOS. The van der Waals surface area contributed by atoms with E-state index in [1.807, 2.05) is 6.92 Å². The van der Waals surface area contributed by atoms with E-state index >= 15 is 0 Å². The third-order valence-electron chi connectivity index (χ3n) is 2.88. The van der Waals surface area contributed by atoms with Crippen LogP contribution in [0.2, 0.25) is 0 Å². The van der Waals surface area contributed by atoms with E-state index in [4.69, 9.17) is 0 Å². The summed E-state index contributed by atoms with van der Waals surface area (Å²) in [5.41, 5.74) is 0.0694. The van der Waals surface area contributed by atoms with E-state index in [0.29, 0.717) is 10.8 Å². The van der Waals surface area contributed by atoms with Crippen LogP contribution in [0.25, 0.3) is 0 Å². The molecule has 0 heterocycles. The third-order valence-corrected chi connectivity index (χ3v) is 3.16. The lowest BCUT2D eigenvalue weighted by molar-refractivity contribution is 0.0931. The van der Waals surface area contributed by atoms with Crippen LogP contribution in [0.4, 0.5) is 4.39 Å². The zero-order valence-electron chi connectivity index (χ0n) is 9.03. The van der Waals surface area contributed by atoms with E-state index in [1.54, 1.807) is 0 Å². The molecule has 2 nitrogen and oxygen atoms in total. The van der Waals surface area contributed by atoms with E-state index in [9.17, 15) is 9.18 Å². The highest BCUT2D eigenvalue weighted by molar-refractivity contribution is 7.80. The van der Waals surface area contributed by atoms with Gasteiger partial charge in [-0.3, -0.25) is 4.79 Å². The second kappa shape index (κ2) is 4.45. The molecule has 0 bridgehead atoms. The Balaban J connectivity index is 2.10. The van der Waals surface area contributed by atoms with Crippen molar-refractivity contribution in [1.29, 1.82) is 0 Å². The van der Waals surface area contributed by atoms with Crippen LogP contribution in [0.5, 0.6) is 0 Å². The van der Waals surface area contributed by atoms with Gasteiger partial charge in [0.1, 0.15) is 5.82 Å². The summed E-state index contributed by atoms with van der Waals surface area (Å²) >= 11 is 4.09. The standard InChI is InChI=1S/C12H14FNOS/c1-7(8-2-3-8)14-12(15)10-6-9(16)4-5-11(10)13/h4-8,16H,2-3H2,1H3,(H,14,15). The fourth-order valence-corrected chi connectivity index (χ4v) is 1.89. The summed E-state index contributed by atoms with van der Waals surface area (Å²) in [4.78, 5) is 12.4. The van der Waals surface area contributed by atoms with Crippen molar-refractivity contribution in [2.24, 2.45) is 5.92 Å². The predicted molar refractivity (Wildman–Crippen MR) is 63.3 cm³/mol. The summed E-state index contributed by atoms with van der Waals surface area (Å²) in [6.07, 6.45) is 2.30. The third kappa shape index (κ3) is 2.55. The molecule has 4 heteroatoms. The van der Waals surface area contributed by atoms with Crippen molar-refractivity contribution >= 4 is 18.5 Å². The largest absolute Gasteiger partial charge is 0.349 e. The minimum Gasteiger partial charge on any atom is -0.349 e. The number of carbonyl (C=O) groups excluding carboxylic acids is 1. The summed E-state index contributed by atoms with van der Waals surface area (Å²) in [7, 11) is 0. The van der Waals surface area contributed by atoms with Crippen molar-refractivity contribution in [3.05, 3.63) is 29.6 Å². The molecule has 1 atom stereocenters. The molecule has 1 aromatic rings. The number of carbonyl (C=O) groups is 1. The van der Waals surface area contributed by atoms with Crippen LogP contribution >= 0.6 is 12.6 Å². The Kier molecular flexibility index (Phi) is 3.19. The van der Waals surface area contributed by atoms with Gasteiger partial charge in [-0.1, -0.05) is 0 Å². The highest BCUT2D eigenvalue weighted by atomic mass is 32.1. The topological polar surface area (TPSA) is 29.1 Å². The van der Waals surface area contributed by atoms with Crippen molar-refractivity contribution in [3.63, 3.8) is 0 Å². The summed E-state index contributed by atoms with van der Waals surface area (Å²) in [6, 6.07) is 4.36. The Morgan fingerprint density at radius 3 is 2.88 bits per heavy atom. The van der Waals surface area contributed by atoms with Crippen LogP contribution in [-0.4, -0.2) is 11.9 Å². The molecule has 0 aromatic heterocycles. The Labute approximate surface area is 99.6 Å². The van der Waals surface area contributed by atoms with E-state index in [2.05, 4.69) is 17.9 Å². The molecule has 1 aromatic carbocycles. The zero-order chi connectivity index (χ0) is 11.7. The van der Waals surface area contributed by atoms with E-state index in [-0.39, 0.29) is 17.5 Å². The number of halogens is 1. The Morgan fingerprint density at radius 1 is 1.56 bits per heavy atom. The lowest BCUT2D eigenvalue weighted by Gasteiger charge is -2.13. The fourth-order valence-electron chi connectivity index (χ4n) is 1.69. The maximum absolute atomic E-state index is 13.4. The molecule has 0 saturated heterocycles. The van der Waals surface area contributed by atoms with Crippen LogP contribution in [0.15, 0.2) is 23.1 Å². The molecule has 86 valence electrons. The Hall–Kier alpha value is -1.03. The lowest BCUT2D eigenvalue weighted by Crippen LogP contribution is -2.34. The molecule has 1 fully saturated rings. The van der Waals surface area contributed by atoms with Gasteiger partial charge in [-0.25, -0.2) is 4.39 Å². The molecule has 1 saturated carbocycles. The maximum Gasteiger partial charge on any atom is 0.254 e. The number of hydrogen-bond acceptors (Lipinski definition) is 2. The van der Waals surface area contributed by atoms with Crippen molar-refractivity contribution in [1.82, 2.24) is 5.32 Å².